The third kappa shape index (κ3) is 5.28. The van der Waals surface area contributed by atoms with Gasteiger partial charge in [-0.15, -0.1) is 0 Å². The maximum atomic E-state index is 12.4. The Morgan fingerprint density at radius 1 is 0.964 bits per heavy atom. The fourth-order valence-corrected chi connectivity index (χ4v) is 2.64. The van der Waals surface area contributed by atoms with Gasteiger partial charge in [0.15, 0.2) is 0 Å². The van der Waals surface area contributed by atoms with Crippen LogP contribution in [-0.4, -0.2) is 21.8 Å². The lowest BCUT2D eigenvalue weighted by Crippen LogP contribution is -2.15. The maximum Gasteiger partial charge on any atom is 0.274 e. The average molecular weight is 396 g/mol. The first-order valence-electron chi connectivity index (χ1n) is 8.49. The molecule has 2 amide bonds. The second kappa shape index (κ2) is 8.96. The second-order valence-electron chi connectivity index (χ2n) is 5.95. The SMILES string of the molecule is CC(=O)Nc1ccc(NC(=O)c2cc(NCc3ccccc3Cl)ncn2)cc1. The van der Waals surface area contributed by atoms with Crippen molar-refractivity contribution in [2.75, 3.05) is 16.0 Å². The molecule has 3 N–H and O–H groups in total. The molecule has 8 heteroatoms. The van der Waals surface area contributed by atoms with Crippen molar-refractivity contribution in [3.8, 4) is 0 Å². The molecule has 0 saturated heterocycles. The number of benzene rings is 2. The monoisotopic (exact) mass is 395 g/mol. The molecule has 0 aliphatic heterocycles. The van der Waals surface area contributed by atoms with Gasteiger partial charge in [-0.1, -0.05) is 29.8 Å². The van der Waals surface area contributed by atoms with Crippen LogP contribution in [0.15, 0.2) is 60.9 Å². The number of nitrogens with zero attached hydrogens (tertiary/aromatic N) is 2. The van der Waals surface area contributed by atoms with Crippen LogP contribution in [-0.2, 0) is 11.3 Å². The van der Waals surface area contributed by atoms with Crippen molar-refractivity contribution in [1.82, 2.24) is 9.97 Å². The van der Waals surface area contributed by atoms with Crippen molar-refractivity contribution in [1.29, 1.82) is 0 Å². The third-order valence-corrected chi connectivity index (χ3v) is 4.15. The van der Waals surface area contributed by atoms with Crippen molar-refractivity contribution in [3.05, 3.63) is 77.2 Å². The summed E-state index contributed by atoms with van der Waals surface area (Å²) in [6.07, 6.45) is 1.32. The molecule has 0 bridgehead atoms. The molecule has 2 aromatic carbocycles. The number of nitrogens with one attached hydrogen (secondary N) is 3. The molecular formula is C20H18ClN5O2. The van der Waals surface area contributed by atoms with Crippen LogP contribution in [0.1, 0.15) is 23.0 Å². The van der Waals surface area contributed by atoms with E-state index in [1.165, 1.54) is 13.3 Å². The van der Waals surface area contributed by atoms with Crippen LogP contribution in [0.2, 0.25) is 5.02 Å². The van der Waals surface area contributed by atoms with Crippen molar-refractivity contribution in [2.45, 2.75) is 13.5 Å². The van der Waals surface area contributed by atoms with Crippen LogP contribution in [0, 0.1) is 0 Å². The predicted molar refractivity (Wildman–Crippen MR) is 110 cm³/mol. The Morgan fingerprint density at radius 3 is 2.32 bits per heavy atom. The zero-order valence-electron chi connectivity index (χ0n) is 15.1. The number of anilines is 3. The highest BCUT2D eigenvalue weighted by molar-refractivity contribution is 6.31. The van der Waals surface area contributed by atoms with Crippen molar-refractivity contribution >= 4 is 40.6 Å². The van der Waals surface area contributed by atoms with Gasteiger partial charge >= 0.3 is 0 Å². The van der Waals surface area contributed by atoms with Crippen molar-refractivity contribution in [2.24, 2.45) is 0 Å². The summed E-state index contributed by atoms with van der Waals surface area (Å²) in [5.74, 6) is -0.00821. The van der Waals surface area contributed by atoms with Crippen molar-refractivity contribution < 1.29 is 9.59 Å². The van der Waals surface area contributed by atoms with E-state index in [9.17, 15) is 9.59 Å². The zero-order chi connectivity index (χ0) is 19.9. The molecule has 0 saturated carbocycles. The van der Waals surface area contributed by atoms with E-state index in [2.05, 4.69) is 25.9 Å². The Kier molecular flexibility index (Phi) is 6.18. The molecule has 1 heterocycles. The summed E-state index contributed by atoms with van der Waals surface area (Å²) in [5.41, 5.74) is 2.39. The van der Waals surface area contributed by atoms with Gasteiger partial charge in [-0.2, -0.15) is 0 Å². The number of halogens is 1. The highest BCUT2D eigenvalue weighted by Crippen LogP contribution is 2.17. The fourth-order valence-electron chi connectivity index (χ4n) is 2.44. The lowest BCUT2D eigenvalue weighted by Gasteiger charge is -2.09. The predicted octanol–water partition coefficient (Wildman–Crippen LogP) is 3.95. The smallest absolute Gasteiger partial charge is 0.274 e. The fraction of sp³-hybridized carbons (Fsp3) is 0.100. The van der Waals surface area contributed by atoms with Crippen LogP contribution in [0.3, 0.4) is 0 Å². The Balaban J connectivity index is 1.63. The van der Waals surface area contributed by atoms with Crippen LogP contribution >= 0.6 is 11.6 Å². The molecule has 3 aromatic rings. The molecule has 0 fully saturated rings. The lowest BCUT2D eigenvalue weighted by molar-refractivity contribution is -0.114. The van der Waals surface area contributed by atoms with Crippen LogP contribution in [0.5, 0.6) is 0 Å². The summed E-state index contributed by atoms with van der Waals surface area (Å²) in [5, 5.41) is 9.21. The van der Waals surface area contributed by atoms with Gasteiger partial charge in [-0.3, -0.25) is 9.59 Å². The van der Waals surface area contributed by atoms with E-state index < -0.39 is 0 Å². The zero-order valence-corrected chi connectivity index (χ0v) is 15.8. The minimum atomic E-state index is -0.365. The number of rotatable bonds is 6. The molecule has 142 valence electrons. The quantitative estimate of drug-likeness (QED) is 0.587. The summed E-state index contributed by atoms with van der Waals surface area (Å²) in [7, 11) is 0. The molecule has 7 nitrogen and oxygen atoms in total. The molecule has 3 rings (SSSR count). The van der Waals surface area contributed by atoms with Crippen LogP contribution < -0.4 is 16.0 Å². The number of aromatic nitrogens is 2. The Hall–Kier alpha value is -3.45. The van der Waals surface area contributed by atoms with Gasteiger partial charge in [0.25, 0.3) is 5.91 Å². The molecular weight excluding hydrogens is 378 g/mol. The summed E-state index contributed by atoms with van der Waals surface area (Å²) >= 11 is 6.14. The molecule has 28 heavy (non-hydrogen) atoms. The number of carbonyl (C=O) groups is 2. The molecule has 1 aromatic heterocycles. The van der Waals surface area contributed by atoms with E-state index in [1.807, 2.05) is 24.3 Å². The van der Waals surface area contributed by atoms with E-state index in [0.29, 0.717) is 28.8 Å². The largest absolute Gasteiger partial charge is 0.366 e. The van der Waals surface area contributed by atoms with Gasteiger partial charge in [0.05, 0.1) is 0 Å². The summed E-state index contributed by atoms with van der Waals surface area (Å²) in [6.45, 7) is 1.91. The Morgan fingerprint density at radius 2 is 1.64 bits per heavy atom. The topological polar surface area (TPSA) is 96.0 Å². The minimum absolute atomic E-state index is 0.158. The van der Waals surface area contributed by atoms with Crippen LogP contribution in [0.25, 0.3) is 0 Å². The number of hydrogen-bond donors (Lipinski definition) is 3. The first-order valence-corrected chi connectivity index (χ1v) is 8.87. The minimum Gasteiger partial charge on any atom is -0.366 e. The number of carbonyl (C=O) groups excluding carboxylic acids is 2. The van der Waals surface area contributed by atoms with Gasteiger partial charge < -0.3 is 16.0 Å². The molecule has 0 atom stereocenters. The normalized spacial score (nSPS) is 10.2. The Bertz CT molecular complexity index is 992. The van der Waals surface area contributed by atoms with Gasteiger partial charge in [0.1, 0.15) is 17.8 Å². The van der Waals surface area contributed by atoms with Gasteiger partial charge in [0, 0.05) is 35.9 Å². The lowest BCUT2D eigenvalue weighted by atomic mass is 10.2. The number of amides is 2. The molecule has 0 aliphatic carbocycles. The number of hydrogen-bond acceptors (Lipinski definition) is 5. The Labute approximate surface area is 167 Å². The molecule has 0 unspecified atom stereocenters. The first-order chi connectivity index (χ1) is 13.5. The molecule has 0 spiro atoms. The standard InChI is InChI=1S/C20H18ClN5O2/c1-13(27)25-15-6-8-16(9-7-15)26-20(28)18-10-19(24-12-23-18)22-11-14-4-2-3-5-17(14)21/h2-10,12H,11H2,1H3,(H,25,27)(H,26,28)(H,22,23,24). The maximum absolute atomic E-state index is 12.4. The average Bonchev–Trinajstić information content (AvgIpc) is 2.69. The summed E-state index contributed by atoms with van der Waals surface area (Å²) < 4.78 is 0. The van der Waals surface area contributed by atoms with E-state index in [0.717, 1.165) is 5.56 Å². The van der Waals surface area contributed by atoms with Gasteiger partial charge in [-0.25, -0.2) is 9.97 Å². The van der Waals surface area contributed by atoms with Gasteiger partial charge in [0.2, 0.25) is 5.91 Å². The highest BCUT2D eigenvalue weighted by atomic mass is 35.5. The first kappa shape index (κ1) is 19.3. The van der Waals surface area contributed by atoms with E-state index in [-0.39, 0.29) is 17.5 Å². The molecule has 0 aliphatic rings. The third-order valence-electron chi connectivity index (χ3n) is 3.78. The second-order valence-corrected chi connectivity index (χ2v) is 6.35. The summed E-state index contributed by atoms with van der Waals surface area (Å²) in [6, 6.07) is 15.9. The highest BCUT2D eigenvalue weighted by Gasteiger charge is 2.10. The van der Waals surface area contributed by atoms with Gasteiger partial charge in [-0.05, 0) is 35.9 Å². The van der Waals surface area contributed by atoms with Crippen molar-refractivity contribution in [3.63, 3.8) is 0 Å². The van der Waals surface area contributed by atoms with E-state index in [4.69, 9.17) is 11.6 Å². The van der Waals surface area contributed by atoms with E-state index >= 15 is 0 Å². The van der Waals surface area contributed by atoms with E-state index in [1.54, 1.807) is 30.3 Å². The van der Waals surface area contributed by atoms with Crippen LogP contribution in [0.4, 0.5) is 17.2 Å². The summed E-state index contributed by atoms with van der Waals surface area (Å²) in [4.78, 5) is 31.6. The molecule has 0 radical (unpaired) electrons.